The molecule has 0 bridgehead atoms. The zero-order chi connectivity index (χ0) is 19.3. The third-order valence-corrected chi connectivity index (χ3v) is 4.50. The van der Waals surface area contributed by atoms with Crippen molar-refractivity contribution in [1.82, 2.24) is 25.4 Å². The highest BCUT2D eigenvalue weighted by molar-refractivity contribution is 6.33. The Kier molecular flexibility index (Phi) is 5.16. The van der Waals surface area contributed by atoms with E-state index in [4.69, 9.17) is 16.3 Å². The van der Waals surface area contributed by atoms with E-state index in [1.807, 2.05) is 54.6 Å². The predicted molar refractivity (Wildman–Crippen MR) is 108 cm³/mol. The van der Waals surface area contributed by atoms with Crippen LogP contribution in [0.15, 0.2) is 60.8 Å². The van der Waals surface area contributed by atoms with E-state index >= 15 is 0 Å². The highest BCUT2D eigenvalue weighted by Gasteiger charge is 2.08. The normalized spacial score (nSPS) is 10.6. The van der Waals surface area contributed by atoms with Crippen molar-refractivity contribution in [2.24, 2.45) is 0 Å². The molecule has 140 valence electrons. The van der Waals surface area contributed by atoms with Gasteiger partial charge in [-0.1, -0.05) is 29.8 Å². The summed E-state index contributed by atoms with van der Waals surface area (Å²) < 4.78 is 5.18. The minimum Gasteiger partial charge on any atom is -0.497 e. The van der Waals surface area contributed by atoms with Gasteiger partial charge in [0.1, 0.15) is 5.75 Å². The van der Waals surface area contributed by atoms with Crippen molar-refractivity contribution in [2.75, 3.05) is 12.4 Å². The van der Waals surface area contributed by atoms with Crippen LogP contribution < -0.4 is 10.1 Å². The number of H-pyrrole nitrogens is 1. The number of hydrogen-bond donors (Lipinski definition) is 2. The van der Waals surface area contributed by atoms with E-state index in [2.05, 4.69) is 30.7 Å². The van der Waals surface area contributed by atoms with Gasteiger partial charge in [0, 0.05) is 5.56 Å². The van der Waals surface area contributed by atoms with Gasteiger partial charge < -0.3 is 10.1 Å². The van der Waals surface area contributed by atoms with E-state index in [9.17, 15) is 0 Å². The molecule has 4 rings (SSSR count). The summed E-state index contributed by atoms with van der Waals surface area (Å²) in [5.41, 5.74) is 4.24. The second-order valence-corrected chi connectivity index (χ2v) is 6.41. The number of anilines is 1. The number of nitrogens with one attached hydrogen (secondary N) is 2. The number of halogens is 1. The van der Waals surface area contributed by atoms with E-state index in [0.29, 0.717) is 23.2 Å². The Bertz CT molecular complexity index is 1080. The molecule has 28 heavy (non-hydrogen) atoms. The first kappa shape index (κ1) is 17.9. The van der Waals surface area contributed by atoms with Crippen LogP contribution in [0.5, 0.6) is 5.75 Å². The summed E-state index contributed by atoms with van der Waals surface area (Å²) in [4.78, 5) is 4.48. The largest absolute Gasteiger partial charge is 0.497 e. The number of benzene rings is 2. The summed E-state index contributed by atoms with van der Waals surface area (Å²) in [6.45, 7) is 0.459. The second kappa shape index (κ2) is 8.06. The van der Waals surface area contributed by atoms with Crippen molar-refractivity contribution in [3.05, 3.63) is 71.5 Å². The van der Waals surface area contributed by atoms with E-state index in [0.717, 1.165) is 28.3 Å². The van der Waals surface area contributed by atoms with Crippen molar-refractivity contribution < 1.29 is 4.74 Å². The molecule has 0 aliphatic rings. The first-order valence-electron chi connectivity index (χ1n) is 8.60. The maximum atomic E-state index is 6.23. The molecule has 0 aliphatic heterocycles. The van der Waals surface area contributed by atoms with E-state index in [-0.39, 0.29) is 0 Å². The quantitative estimate of drug-likeness (QED) is 0.511. The van der Waals surface area contributed by atoms with E-state index < -0.39 is 0 Å². The van der Waals surface area contributed by atoms with Gasteiger partial charge in [0.05, 0.1) is 42.0 Å². The van der Waals surface area contributed by atoms with Gasteiger partial charge in [0.15, 0.2) is 0 Å². The van der Waals surface area contributed by atoms with Crippen LogP contribution in [0.3, 0.4) is 0 Å². The first-order chi connectivity index (χ1) is 13.7. The molecule has 0 saturated carbocycles. The third kappa shape index (κ3) is 3.94. The zero-order valence-corrected chi connectivity index (χ0v) is 15.8. The van der Waals surface area contributed by atoms with Gasteiger partial charge in [0.25, 0.3) is 0 Å². The molecule has 2 heterocycles. The Labute approximate surface area is 166 Å². The topological polar surface area (TPSA) is 88.6 Å². The maximum Gasteiger partial charge on any atom is 0.243 e. The second-order valence-electron chi connectivity index (χ2n) is 6.00. The third-order valence-electron chi connectivity index (χ3n) is 4.17. The van der Waals surface area contributed by atoms with Crippen LogP contribution in [-0.4, -0.2) is 32.5 Å². The Morgan fingerprint density at radius 2 is 1.93 bits per heavy atom. The summed E-state index contributed by atoms with van der Waals surface area (Å²) in [5.74, 6) is 1.22. The molecule has 8 heteroatoms. The van der Waals surface area contributed by atoms with Crippen LogP contribution in [0, 0.1) is 0 Å². The molecule has 0 fully saturated rings. The number of aromatic nitrogens is 5. The van der Waals surface area contributed by atoms with Crippen LogP contribution in [0.4, 0.5) is 5.95 Å². The van der Waals surface area contributed by atoms with Crippen LogP contribution >= 0.6 is 11.6 Å². The molecule has 7 nitrogen and oxygen atoms in total. The molecule has 0 saturated heterocycles. The minimum atomic E-state index is 0.409. The van der Waals surface area contributed by atoms with Crippen LogP contribution in [0.1, 0.15) is 5.69 Å². The number of aromatic amines is 1. The summed E-state index contributed by atoms with van der Waals surface area (Å²) in [6.07, 6.45) is 1.59. The highest BCUT2D eigenvalue weighted by atomic mass is 35.5. The molecule has 0 spiro atoms. The van der Waals surface area contributed by atoms with Crippen molar-refractivity contribution in [2.45, 2.75) is 6.54 Å². The Hall–Kier alpha value is -3.45. The van der Waals surface area contributed by atoms with Gasteiger partial charge >= 0.3 is 0 Å². The van der Waals surface area contributed by atoms with Gasteiger partial charge in [-0.25, -0.2) is 4.98 Å². The lowest BCUT2D eigenvalue weighted by atomic mass is 10.1. The smallest absolute Gasteiger partial charge is 0.243 e. The van der Waals surface area contributed by atoms with Gasteiger partial charge in [-0.15, -0.1) is 5.10 Å². The molecular weight excluding hydrogens is 376 g/mol. The van der Waals surface area contributed by atoms with Gasteiger partial charge in [-0.05, 0) is 42.0 Å². The Balaban J connectivity index is 1.46. The summed E-state index contributed by atoms with van der Waals surface area (Å²) in [7, 11) is 1.65. The fourth-order valence-electron chi connectivity index (χ4n) is 2.72. The molecule has 4 aromatic rings. The number of nitrogens with zero attached hydrogens (tertiary/aromatic N) is 4. The standard InChI is InChI=1S/C20H17ClN6O/c1-28-15-8-6-13(7-9-15)18-10-14(25-26-18)11-22-20-24-19(12-23-27-20)16-4-2-3-5-17(16)21/h2-10,12H,11H2,1H3,(H,25,26)(H,22,24,27). The molecule has 0 radical (unpaired) electrons. The van der Waals surface area contributed by atoms with Gasteiger partial charge in [0.2, 0.25) is 5.95 Å². The molecule has 2 N–H and O–H groups in total. The average molecular weight is 393 g/mol. The minimum absolute atomic E-state index is 0.409. The van der Waals surface area contributed by atoms with E-state index in [1.165, 1.54) is 0 Å². The molecule has 2 aromatic carbocycles. The lowest BCUT2D eigenvalue weighted by Crippen LogP contribution is -2.05. The number of ether oxygens (including phenoxy) is 1. The highest BCUT2D eigenvalue weighted by Crippen LogP contribution is 2.26. The Morgan fingerprint density at radius 1 is 1.11 bits per heavy atom. The summed E-state index contributed by atoms with van der Waals surface area (Å²) in [5, 5.41) is 19.2. The number of methoxy groups -OCH3 is 1. The molecule has 0 unspecified atom stereocenters. The molecular formula is C20H17ClN6O. The van der Waals surface area contributed by atoms with Crippen LogP contribution in [0.25, 0.3) is 22.5 Å². The van der Waals surface area contributed by atoms with E-state index in [1.54, 1.807) is 13.3 Å². The zero-order valence-electron chi connectivity index (χ0n) is 15.1. The van der Waals surface area contributed by atoms with Crippen molar-refractivity contribution in [1.29, 1.82) is 0 Å². The first-order valence-corrected chi connectivity index (χ1v) is 8.98. The number of rotatable bonds is 6. The number of hydrogen-bond acceptors (Lipinski definition) is 6. The monoisotopic (exact) mass is 392 g/mol. The van der Waals surface area contributed by atoms with Gasteiger partial charge in [-0.3, -0.25) is 5.10 Å². The van der Waals surface area contributed by atoms with Crippen molar-refractivity contribution in [3.63, 3.8) is 0 Å². The van der Waals surface area contributed by atoms with Crippen LogP contribution in [0.2, 0.25) is 5.02 Å². The lowest BCUT2D eigenvalue weighted by Gasteiger charge is -2.05. The molecule has 0 aliphatic carbocycles. The van der Waals surface area contributed by atoms with Crippen molar-refractivity contribution in [3.8, 4) is 28.3 Å². The predicted octanol–water partition coefficient (Wildman–Crippen LogP) is 4.20. The fraction of sp³-hybridized carbons (Fsp3) is 0.100. The summed E-state index contributed by atoms with van der Waals surface area (Å²) >= 11 is 6.23. The Morgan fingerprint density at radius 3 is 2.71 bits per heavy atom. The fourth-order valence-corrected chi connectivity index (χ4v) is 2.95. The molecule has 0 atom stereocenters. The average Bonchev–Trinajstić information content (AvgIpc) is 3.22. The molecule has 0 amide bonds. The van der Waals surface area contributed by atoms with Crippen molar-refractivity contribution >= 4 is 17.5 Å². The SMILES string of the molecule is COc1ccc(-c2cc(CNc3nncc(-c4ccccc4Cl)n3)n[nH]2)cc1. The lowest BCUT2D eigenvalue weighted by molar-refractivity contribution is 0.415. The summed E-state index contributed by atoms with van der Waals surface area (Å²) in [6, 6.07) is 17.2. The van der Waals surface area contributed by atoms with Crippen LogP contribution in [-0.2, 0) is 6.54 Å². The molecule has 2 aromatic heterocycles. The maximum absolute atomic E-state index is 6.23. The van der Waals surface area contributed by atoms with Gasteiger partial charge in [-0.2, -0.15) is 10.2 Å².